The Morgan fingerprint density at radius 3 is 2.79 bits per heavy atom. The maximum atomic E-state index is 5.67. The molecule has 0 aromatic carbocycles. The van der Waals surface area contributed by atoms with Gasteiger partial charge in [0, 0.05) is 19.7 Å². The molecular formula is C16H34N2O. The molecule has 114 valence electrons. The average molecular weight is 270 g/mol. The minimum absolute atomic E-state index is 0.419. The Kier molecular flexibility index (Phi) is 9.48. The molecule has 1 aliphatic rings. The summed E-state index contributed by atoms with van der Waals surface area (Å²) < 4.78 is 5.67. The molecular weight excluding hydrogens is 236 g/mol. The van der Waals surface area contributed by atoms with Gasteiger partial charge in [-0.25, -0.2) is 0 Å². The zero-order chi connectivity index (χ0) is 13.9. The van der Waals surface area contributed by atoms with Crippen molar-refractivity contribution < 1.29 is 4.74 Å². The van der Waals surface area contributed by atoms with Crippen LogP contribution in [0.3, 0.4) is 0 Å². The Balaban J connectivity index is 1.89. The van der Waals surface area contributed by atoms with Crippen molar-refractivity contribution in [2.24, 2.45) is 5.92 Å². The van der Waals surface area contributed by atoms with Crippen molar-refractivity contribution in [1.29, 1.82) is 0 Å². The van der Waals surface area contributed by atoms with Gasteiger partial charge in [0.15, 0.2) is 0 Å². The van der Waals surface area contributed by atoms with E-state index in [-0.39, 0.29) is 0 Å². The maximum absolute atomic E-state index is 5.67. The molecule has 1 fully saturated rings. The van der Waals surface area contributed by atoms with Gasteiger partial charge in [-0.15, -0.1) is 0 Å². The van der Waals surface area contributed by atoms with Crippen LogP contribution >= 0.6 is 0 Å². The van der Waals surface area contributed by atoms with Gasteiger partial charge in [-0.05, 0) is 51.7 Å². The fourth-order valence-corrected chi connectivity index (χ4v) is 2.61. The third kappa shape index (κ3) is 9.42. The summed E-state index contributed by atoms with van der Waals surface area (Å²) in [6, 6.07) is 0. The molecule has 19 heavy (non-hydrogen) atoms. The van der Waals surface area contributed by atoms with E-state index in [1.54, 1.807) is 0 Å². The number of nitrogens with zero attached hydrogens (tertiary/aromatic N) is 1. The Labute approximate surface area is 120 Å². The number of hydrogen-bond acceptors (Lipinski definition) is 3. The molecule has 1 saturated heterocycles. The first-order chi connectivity index (χ1) is 9.18. The topological polar surface area (TPSA) is 24.5 Å². The lowest BCUT2D eigenvalue weighted by Crippen LogP contribution is -2.31. The molecule has 1 aliphatic heterocycles. The molecule has 1 atom stereocenters. The standard InChI is InChI=1S/C16H34N2O/c1-15(2)13-17-9-6-4-5-7-10-18-11-8-12-19-16(3)14-18/h15-17H,4-14H2,1-3H3. The highest BCUT2D eigenvalue weighted by Crippen LogP contribution is 2.08. The van der Waals surface area contributed by atoms with E-state index in [1.165, 1.54) is 51.7 Å². The zero-order valence-corrected chi connectivity index (χ0v) is 13.3. The van der Waals surface area contributed by atoms with Crippen LogP contribution in [0, 0.1) is 5.92 Å². The van der Waals surface area contributed by atoms with Crippen molar-refractivity contribution in [3.05, 3.63) is 0 Å². The molecule has 0 aromatic rings. The number of ether oxygens (including phenoxy) is 1. The van der Waals surface area contributed by atoms with E-state index in [1.807, 2.05) is 0 Å². The van der Waals surface area contributed by atoms with Crippen LogP contribution in [0.4, 0.5) is 0 Å². The lowest BCUT2D eigenvalue weighted by molar-refractivity contribution is 0.0675. The predicted octanol–water partition coefficient (Wildman–Crippen LogP) is 2.90. The molecule has 0 amide bonds. The van der Waals surface area contributed by atoms with Crippen LogP contribution in [0.2, 0.25) is 0 Å². The Morgan fingerprint density at radius 2 is 2.00 bits per heavy atom. The molecule has 0 aliphatic carbocycles. The van der Waals surface area contributed by atoms with Crippen molar-refractivity contribution >= 4 is 0 Å². The van der Waals surface area contributed by atoms with Crippen LogP contribution in [-0.4, -0.2) is 50.3 Å². The summed E-state index contributed by atoms with van der Waals surface area (Å²) in [6.07, 6.45) is 7.02. The molecule has 3 nitrogen and oxygen atoms in total. The Morgan fingerprint density at radius 1 is 1.21 bits per heavy atom. The third-order valence-electron chi connectivity index (χ3n) is 3.67. The highest BCUT2D eigenvalue weighted by atomic mass is 16.5. The van der Waals surface area contributed by atoms with Gasteiger partial charge in [-0.2, -0.15) is 0 Å². The summed E-state index contributed by atoms with van der Waals surface area (Å²) in [5, 5.41) is 3.51. The fraction of sp³-hybridized carbons (Fsp3) is 1.00. The van der Waals surface area contributed by atoms with Gasteiger partial charge in [0.1, 0.15) is 0 Å². The van der Waals surface area contributed by atoms with E-state index in [0.29, 0.717) is 6.10 Å². The van der Waals surface area contributed by atoms with E-state index in [0.717, 1.165) is 25.6 Å². The largest absolute Gasteiger partial charge is 0.377 e. The zero-order valence-electron chi connectivity index (χ0n) is 13.3. The van der Waals surface area contributed by atoms with Gasteiger partial charge in [-0.1, -0.05) is 26.7 Å². The number of rotatable bonds is 9. The second-order valence-electron chi connectivity index (χ2n) is 6.35. The first-order valence-electron chi connectivity index (χ1n) is 8.23. The van der Waals surface area contributed by atoms with Crippen molar-refractivity contribution in [1.82, 2.24) is 10.2 Å². The molecule has 1 unspecified atom stereocenters. The summed E-state index contributed by atoms with van der Waals surface area (Å²) in [5.74, 6) is 0.771. The van der Waals surface area contributed by atoms with E-state index < -0.39 is 0 Å². The van der Waals surface area contributed by atoms with Crippen LogP contribution in [0.25, 0.3) is 0 Å². The van der Waals surface area contributed by atoms with Gasteiger partial charge in [0.2, 0.25) is 0 Å². The predicted molar refractivity (Wildman–Crippen MR) is 82.6 cm³/mol. The SMILES string of the molecule is CC(C)CNCCCCCCN1CCCOC(C)C1. The lowest BCUT2D eigenvalue weighted by Gasteiger charge is -2.21. The quantitative estimate of drug-likeness (QED) is 0.652. The maximum Gasteiger partial charge on any atom is 0.0673 e. The molecule has 0 bridgehead atoms. The van der Waals surface area contributed by atoms with Crippen LogP contribution < -0.4 is 5.32 Å². The first kappa shape index (κ1) is 16.9. The van der Waals surface area contributed by atoms with Crippen LogP contribution in [-0.2, 0) is 4.74 Å². The summed E-state index contributed by atoms with van der Waals surface area (Å²) in [4.78, 5) is 2.58. The first-order valence-corrected chi connectivity index (χ1v) is 8.23. The van der Waals surface area contributed by atoms with Gasteiger partial charge in [-0.3, -0.25) is 0 Å². The van der Waals surface area contributed by atoms with Gasteiger partial charge in [0.25, 0.3) is 0 Å². The molecule has 1 rings (SSSR count). The van der Waals surface area contributed by atoms with E-state index >= 15 is 0 Å². The Hall–Kier alpha value is -0.120. The average Bonchev–Trinajstić information content (AvgIpc) is 2.56. The highest BCUT2D eigenvalue weighted by molar-refractivity contribution is 4.66. The van der Waals surface area contributed by atoms with E-state index in [9.17, 15) is 0 Å². The number of hydrogen-bond donors (Lipinski definition) is 1. The number of nitrogens with one attached hydrogen (secondary N) is 1. The summed E-state index contributed by atoms with van der Waals surface area (Å²) in [5.41, 5.74) is 0. The molecule has 0 spiro atoms. The van der Waals surface area contributed by atoms with Crippen molar-refractivity contribution in [3.63, 3.8) is 0 Å². The minimum Gasteiger partial charge on any atom is -0.377 e. The summed E-state index contributed by atoms with van der Waals surface area (Å²) in [7, 11) is 0. The highest BCUT2D eigenvalue weighted by Gasteiger charge is 2.13. The lowest BCUT2D eigenvalue weighted by atomic mass is 10.1. The summed E-state index contributed by atoms with van der Waals surface area (Å²) >= 11 is 0. The van der Waals surface area contributed by atoms with Crippen LogP contribution in [0.1, 0.15) is 52.9 Å². The molecule has 0 radical (unpaired) electrons. The molecule has 0 aromatic heterocycles. The van der Waals surface area contributed by atoms with E-state index in [2.05, 4.69) is 31.0 Å². The van der Waals surface area contributed by atoms with Crippen molar-refractivity contribution in [2.45, 2.75) is 59.0 Å². The second kappa shape index (κ2) is 10.6. The fourth-order valence-electron chi connectivity index (χ4n) is 2.61. The third-order valence-corrected chi connectivity index (χ3v) is 3.67. The van der Waals surface area contributed by atoms with Crippen molar-refractivity contribution in [3.8, 4) is 0 Å². The molecule has 0 saturated carbocycles. The van der Waals surface area contributed by atoms with Crippen molar-refractivity contribution in [2.75, 3.05) is 39.3 Å². The normalized spacial score (nSPS) is 21.8. The molecule has 1 N–H and O–H groups in total. The van der Waals surface area contributed by atoms with Gasteiger partial charge < -0.3 is 15.0 Å². The number of unbranched alkanes of at least 4 members (excludes halogenated alkanes) is 3. The molecule has 3 heteroatoms. The Bertz CT molecular complexity index is 209. The van der Waals surface area contributed by atoms with Gasteiger partial charge >= 0.3 is 0 Å². The monoisotopic (exact) mass is 270 g/mol. The van der Waals surface area contributed by atoms with Crippen LogP contribution in [0.15, 0.2) is 0 Å². The molecule has 1 heterocycles. The van der Waals surface area contributed by atoms with Crippen LogP contribution in [0.5, 0.6) is 0 Å². The smallest absolute Gasteiger partial charge is 0.0673 e. The minimum atomic E-state index is 0.419. The second-order valence-corrected chi connectivity index (χ2v) is 6.35. The van der Waals surface area contributed by atoms with Gasteiger partial charge in [0.05, 0.1) is 6.10 Å². The van der Waals surface area contributed by atoms with E-state index in [4.69, 9.17) is 4.74 Å². The summed E-state index contributed by atoms with van der Waals surface area (Å²) in [6.45, 7) is 13.6.